The zero-order valence-electron chi connectivity index (χ0n) is 13.2. The van der Waals surface area contributed by atoms with Crippen molar-refractivity contribution in [3.8, 4) is 0 Å². The summed E-state index contributed by atoms with van der Waals surface area (Å²) in [6, 6.07) is 5.27. The number of nitrogens with one attached hydrogen (secondary N) is 1. The third kappa shape index (κ3) is 3.83. The summed E-state index contributed by atoms with van der Waals surface area (Å²) in [5.41, 5.74) is 2.77. The van der Waals surface area contributed by atoms with Gasteiger partial charge in [-0.2, -0.15) is 5.10 Å². The van der Waals surface area contributed by atoms with Crippen molar-refractivity contribution in [2.45, 2.75) is 45.6 Å². The van der Waals surface area contributed by atoms with E-state index >= 15 is 0 Å². The molecule has 2 aromatic rings. The first kappa shape index (κ1) is 15.4. The molecule has 0 unspecified atom stereocenters. The second kappa shape index (κ2) is 6.73. The van der Waals surface area contributed by atoms with Gasteiger partial charge in [-0.25, -0.2) is 9.67 Å². The van der Waals surface area contributed by atoms with Crippen LogP contribution in [0, 0.1) is 6.92 Å². The van der Waals surface area contributed by atoms with Crippen molar-refractivity contribution in [1.29, 1.82) is 0 Å². The first-order chi connectivity index (χ1) is 11.1. The van der Waals surface area contributed by atoms with E-state index in [9.17, 15) is 9.59 Å². The lowest BCUT2D eigenvalue weighted by Gasteiger charge is -2.10. The fourth-order valence-electron chi connectivity index (χ4n) is 2.81. The summed E-state index contributed by atoms with van der Waals surface area (Å²) in [5, 5.41) is 7.10. The quantitative estimate of drug-likeness (QED) is 0.878. The van der Waals surface area contributed by atoms with Gasteiger partial charge in [0, 0.05) is 12.3 Å². The minimum Gasteiger partial charge on any atom is -0.309 e. The monoisotopic (exact) mass is 312 g/mol. The summed E-state index contributed by atoms with van der Waals surface area (Å²) in [4.78, 5) is 28.4. The smallest absolute Gasteiger partial charge is 0.267 e. The molecule has 1 N–H and O–H groups in total. The molecule has 6 heteroatoms. The first-order valence-electron chi connectivity index (χ1n) is 7.94. The van der Waals surface area contributed by atoms with E-state index in [-0.39, 0.29) is 18.0 Å². The fourth-order valence-corrected chi connectivity index (χ4v) is 2.81. The highest BCUT2D eigenvalue weighted by molar-refractivity contribution is 5.89. The molecule has 23 heavy (non-hydrogen) atoms. The summed E-state index contributed by atoms with van der Waals surface area (Å²) < 4.78 is 1.25. The van der Waals surface area contributed by atoms with Gasteiger partial charge in [-0.15, -0.1) is 0 Å². The van der Waals surface area contributed by atoms with Crippen LogP contribution in [0.25, 0.3) is 0 Å². The molecule has 0 radical (unpaired) electrons. The predicted octanol–water partition coefficient (Wildman–Crippen LogP) is 1.85. The third-order valence-corrected chi connectivity index (χ3v) is 4.00. The largest absolute Gasteiger partial charge is 0.309 e. The van der Waals surface area contributed by atoms with Crippen LogP contribution in [0.1, 0.15) is 36.1 Å². The maximum atomic E-state index is 12.2. The topological polar surface area (TPSA) is 76.9 Å². The second-order valence-corrected chi connectivity index (χ2v) is 5.94. The number of pyridine rings is 1. The number of rotatable bonds is 3. The molecule has 0 saturated carbocycles. The van der Waals surface area contributed by atoms with Crippen LogP contribution < -0.4 is 10.9 Å². The number of anilines is 1. The van der Waals surface area contributed by atoms with Crippen molar-refractivity contribution in [1.82, 2.24) is 14.8 Å². The molecule has 120 valence electrons. The highest BCUT2D eigenvalue weighted by Crippen LogP contribution is 2.16. The summed E-state index contributed by atoms with van der Waals surface area (Å²) in [7, 11) is 0. The average molecular weight is 312 g/mol. The predicted molar refractivity (Wildman–Crippen MR) is 87.4 cm³/mol. The van der Waals surface area contributed by atoms with E-state index in [1.807, 2.05) is 13.0 Å². The number of amides is 1. The van der Waals surface area contributed by atoms with E-state index in [4.69, 9.17) is 0 Å². The van der Waals surface area contributed by atoms with Gasteiger partial charge >= 0.3 is 0 Å². The average Bonchev–Trinajstić information content (AvgIpc) is 2.72. The van der Waals surface area contributed by atoms with Crippen LogP contribution in [0.2, 0.25) is 0 Å². The second-order valence-electron chi connectivity index (χ2n) is 5.94. The molecule has 0 saturated heterocycles. The lowest BCUT2D eigenvalue weighted by Crippen LogP contribution is -2.31. The van der Waals surface area contributed by atoms with Gasteiger partial charge in [-0.05, 0) is 55.9 Å². The van der Waals surface area contributed by atoms with Crippen molar-refractivity contribution < 1.29 is 4.79 Å². The fraction of sp³-hybridized carbons (Fsp3) is 0.412. The van der Waals surface area contributed by atoms with E-state index in [1.54, 1.807) is 18.3 Å². The van der Waals surface area contributed by atoms with Crippen molar-refractivity contribution in [2.75, 3.05) is 5.32 Å². The van der Waals surface area contributed by atoms with E-state index < -0.39 is 0 Å². The molecule has 0 spiro atoms. The first-order valence-corrected chi connectivity index (χ1v) is 7.94. The Bertz CT molecular complexity index is 782. The van der Waals surface area contributed by atoms with Gasteiger partial charge in [0.1, 0.15) is 12.4 Å². The Morgan fingerprint density at radius 2 is 2.09 bits per heavy atom. The molecule has 0 fully saturated rings. The molecule has 1 aliphatic rings. The highest BCUT2D eigenvalue weighted by Gasteiger charge is 2.14. The van der Waals surface area contributed by atoms with Crippen LogP contribution in [0.4, 0.5) is 5.82 Å². The maximum absolute atomic E-state index is 12.2. The SMILES string of the molecule is Cc1ccnc(NC(=O)Cn2nc3c(cc2=O)CCCCC3)c1. The molecule has 3 rings (SSSR count). The molecule has 0 bridgehead atoms. The van der Waals surface area contributed by atoms with Crippen LogP contribution in [0.5, 0.6) is 0 Å². The molecule has 1 aliphatic carbocycles. The Morgan fingerprint density at radius 1 is 1.26 bits per heavy atom. The number of fused-ring (bicyclic) bond motifs is 1. The lowest BCUT2D eigenvalue weighted by atomic mass is 10.1. The number of nitrogens with zero attached hydrogens (tertiary/aromatic N) is 3. The molecular weight excluding hydrogens is 292 g/mol. The zero-order valence-corrected chi connectivity index (χ0v) is 13.2. The van der Waals surface area contributed by atoms with Gasteiger partial charge in [0.15, 0.2) is 0 Å². The number of hydrogen-bond acceptors (Lipinski definition) is 4. The molecule has 6 nitrogen and oxygen atoms in total. The van der Waals surface area contributed by atoms with E-state index in [2.05, 4.69) is 15.4 Å². The van der Waals surface area contributed by atoms with Gasteiger partial charge < -0.3 is 5.32 Å². The Labute approximate surface area is 134 Å². The molecule has 1 amide bonds. The van der Waals surface area contributed by atoms with Crippen LogP contribution in [-0.2, 0) is 24.2 Å². The number of aromatic nitrogens is 3. The Hall–Kier alpha value is -2.50. The Balaban J connectivity index is 1.76. The molecule has 0 aliphatic heterocycles. The van der Waals surface area contributed by atoms with Gasteiger partial charge in [0.25, 0.3) is 5.56 Å². The summed E-state index contributed by atoms with van der Waals surface area (Å²) in [6.07, 6.45) is 6.74. The molecule has 2 aromatic heterocycles. The van der Waals surface area contributed by atoms with Gasteiger partial charge in [-0.1, -0.05) is 6.42 Å². The van der Waals surface area contributed by atoms with Crippen LogP contribution in [0.3, 0.4) is 0 Å². The number of carbonyl (C=O) groups excluding carboxylic acids is 1. The molecule has 0 atom stereocenters. The number of hydrogen-bond donors (Lipinski definition) is 1. The van der Waals surface area contributed by atoms with Gasteiger partial charge in [-0.3, -0.25) is 9.59 Å². The summed E-state index contributed by atoms with van der Waals surface area (Å²) >= 11 is 0. The number of carbonyl (C=O) groups is 1. The zero-order chi connectivity index (χ0) is 16.2. The molecular formula is C17H20N4O2. The van der Waals surface area contributed by atoms with Crippen molar-refractivity contribution >= 4 is 11.7 Å². The Morgan fingerprint density at radius 3 is 2.91 bits per heavy atom. The van der Waals surface area contributed by atoms with Crippen molar-refractivity contribution in [3.05, 3.63) is 51.6 Å². The van der Waals surface area contributed by atoms with Crippen LogP contribution >= 0.6 is 0 Å². The minimum absolute atomic E-state index is 0.0955. The summed E-state index contributed by atoms with van der Waals surface area (Å²) in [5.74, 6) is 0.184. The van der Waals surface area contributed by atoms with Gasteiger partial charge in [0.05, 0.1) is 5.69 Å². The standard InChI is InChI=1S/C17H20N4O2/c1-12-7-8-18-15(9-12)19-16(22)11-21-17(23)10-13-5-3-2-4-6-14(13)20-21/h7-10H,2-6,11H2,1H3,(H,18,19,22). The minimum atomic E-state index is -0.300. The maximum Gasteiger partial charge on any atom is 0.267 e. The van der Waals surface area contributed by atoms with Crippen molar-refractivity contribution in [3.63, 3.8) is 0 Å². The normalized spacial score (nSPS) is 14.0. The number of aryl methyl sites for hydroxylation is 3. The highest BCUT2D eigenvalue weighted by atomic mass is 16.2. The molecule has 2 heterocycles. The summed E-state index contributed by atoms with van der Waals surface area (Å²) in [6.45, 7) is 1.83. The van der Waals surface area contributed by atoms with E-state index in [1.165, 1.54) is 4.68 Å². The van der Waals surface area contributed by atoms with E-state index in [0.29, 0.717) is 5.82 Å². The lowest BCUT2D eigenvalue weighted by molar-refractivity contribution is -0.117. The van der Waals surface area contributed by atoms with Gasteiger partial charge in [0.2, 0.25) is 5.91 Å². The van der Waals surface area contributed by atoms with Crippen LogP contribution in [-0.4, -0.2) is 20.7 Å². The van der Waals surface area contributed by atoms with E-state index in [0.717, 1.165) is 48.9 Å². The Kier molecular flexibility index (Phi) is 4.50. The third-order valence-electron chi connectivity index (χ3n) is 4.00. The van der Waals surface area contributed by atoms with Crippen molar-refractivity contribution in [2.24, 2.45) is 0 Å². The molecule has 0 aromatic carbocycles. The van der Waals surface area contributed by atoms with Crippen LogP contribution in [0.15, 0.2) is 29.2 Å².